The van der Waals surface area contributed by atoms with Gasteiger partial charge >= 0.3 is 0 Å². The number of methoxy groups -OCH3 is 1. The van der Waals surface area contributed by atoms with Crippen LogP contribution in [0.2, 0.25) is 18.6 Å². The molecule has 12 heteroatoms. The molecule has 6 rings (SSSR count). The highest BCUT2D eigenvalue weighted by Crippen LogP contribution is 2.58. The zero-order chi connectivity index (χ0) is 31.2. The normalized spacial score (nSPS) is 23.5. The highest BCUT2D eigenvalue weighted by Gasteiger charge is 2.64. The molecule has 4 aromatic rings. The Bertz CT molecular complexity index is 1730. The van der Waals surface area contributed by atoms with Crippen LogP contribution in [0.5, 0.6) is 5.75 Å². The first-order valence-electron chi connectivity index (χ1n) is 14.8. The van der Waals surface area contributed by atoms with Crippen LogP contribution in [0.15, 0.2) is 77.9 Å². The summed E-state index contributed by atoms with van der Waals surface area (Å²) in [5.41, 5.74) is 1.54. The van der Waals surface area contributed by atoms with E-state index in [1.54, 1.807) is 35.1 Å². The largest absolute Gasteiger partial charge is 0.491 e. The van der Waals surface area contributed by atoms with Gasteiger partial charge in [-0.05, 0) is 55.4 Å². The van der Waals surface area contributed by atoms with Crippen LogP contribution in [0.1, 0.15) is 36.1 Å². The molecule has 1 amide bonds. The van der Waals surface area contributed by atoms with Gasteiger partial charge in [-0.25, -0.2) is 0 Å². The van der Waals surface area contributed by atoms with Crippen molar-refractivity contribution < 1.29 is 24.2 Å². The summed E-state index contributed by atoms with van der Waals surface area (Å²) in [4.78, 5) is 38.3. The molecule has 0 radical (unpaired) electrons. The van der Waals surface area contributed by atoms with Crippen LogP contribution in [-0.2, 0) is 21.7 Å². The number of anilines is 1. The first-order chi connectivity index (χ1) is 21.1. The minimum atomic E-state index is -2.85. The number of hydrogen-bond acceptors (Lipinski definition) is 8. The maximum Gasteiger partial charge on any atom is 0.297 e. The van der Waals surface area contributed by atoms with Gasteiger partial charge in [0.15, 0.2) is 19.7 Å². The Kier molecular flexibility index (Phi) is 7.78. The molecule has 4 heterocycles. The zero-order valence-corrected chi connectivity index (χ0v) is 26.2. The lowest BCUT2D eigenvalue weighted by atomic mass is 9.82. The molecule has 1 unspecified atom stereocenters. The second kappa shape index (κ2) is 11.4. The topological polar surface area (TPSA) is 141 Å². The number of aliphatic hydroxyl groups excluding tert-OH is 1. The van der Waals surface area contributed by atoms with Crippen molar-refractivity contribution in [2.24, 2.45) is 5.92 Å². The number of benzene rings is 2. The molecule has 0 aliphatic carbocycles. The molecule has 3 N–H and O–H groups in total. The molecule has 5 atom stereocenters. The van der Waals surface area contributed by atoms with Crippen molar-refractivity contribution >= 4 is 19.9 Å². The summed E-state index contributed by atoms with van der Waals surface area (Å²) in [5.74, 6) is -0.711. The number of amides is 1. The van der Waals surface area contributed by atoms with Crippen molar-refractivity contribution in [3.63, 3.8) is 0 Å². The summed E-state index contributed by atoms with van der Waals surface area (Å²) >= 11 is 0. The van der Waals surface area contributed by atoms with Crippen LogP contribution in [0.4, 0.5) is 5.69 Å². The summed E-state index contributed by atoms with van der Waals surface area (Å²) < 4.78 is 15.2. The standard InChI is InChI=1S/C32H37N5O6Si/c1-20-29(44(3,4)41)27(14-16-36-18-26(34-35-36)23(19-38)21-9-6-5-7-10-21)43-32(20)24-17-22(12-13-25(24)33-31(32)40)37-15-8-11-28(42-2)30(37)39/h5-13,15,17-18,20,23,27,29,38,41H,14,16,19H2,1-4H3,(H,33,40)/t20-,23?,27+,29-,32+/m1/s1. The fraction of sp³-hybridized carbons (Fsp3) is 0.375. The Morgan fingerprint density at radius 3 is 2.61 bits per heavy atom. The van der Waals surface area contributed by atoms with Crippen molar-refractivity contribution in [2.75, 3.05) is 19.0 Å². The predicted octanol–water partition coefficient (Wildman–Crippen LogP) is 3.40. The van der Waals surface area contributed by atoms with Crippen molar-refractivity contribution in [2.45, 2.75) is 56.1 Å². The summed E-state index contributed by atoms with van der Waals surface area (Å²) in [6.07, 6.45) is 3.54. The van der Waals surface area contributed by atoms with E-state index in [9.17, 15) is 19.5 Å². The van der Waals surface area contributed by atoms with Gasteiger partial charge in [-0.3, -0.25) is 18.8 Å². The molecular formula is C32H37N5O6Si. The highest BCUT2D eigenvalue weighted by molar-refractivity contribution is 6.71. The number of nitrogens with one attached hydrogen (secondary N) is 1. The van der Waals surface area contributed by atoms with E-state index in [4.69, 9.17) is 9.47 Å². The average molecular weight is 616 g/mol. The van der Waals surface area contributed by atoms with E-state index in [2.05, 4.69) is 15.6 Å². The SMILES string of the molecule is COc1cccn(-c2ccc3c(c2)[C@]2(O[C@@H](CCn4cc(C(CO)c5ccccc5)nn4)[C@H]([Si](C)(C)O)[C@H]2C)C(=O)N3)c1=O. The highest BCUT2D eigenvalue weighted by atomic mass is 28.4. The van der Waals surface area contributed by atoms with E-state index < -0.39 is 20.0 Å². The third-order valence-electron chi connectivity index (χ3n) is 9.07. The Balaban J connectivity index is 1.31. The number of rotatable bonds is 9. The van der Waals surface area contributed by atoms with E-state index >= 15 is 0 Å². The number of ether oxygens (including phenoxy) is 2. The van der Waals surface area contributed by atoms with E-state index in [1.165, 1.54) is 11.7 Å². The number of aryl methyl sites for hydroxylation is 1. The van der Waals surface area contributed by atoms with Gasteiger partial charge in [0.1, 0.15) is 0 Å². The molecule has 2 aliphatic rings. The molecule has 44 heavy (non-hydrogen) atoms. The van der Waals surface area contributed by atoms with Gasteiger partial charge in [-0.15, -0.1) is 5.10 Å². The summed E-state index contributed by atoms with van der Waals surface area (Å²) in [6.45, 7) is 6.07. The quantitative estimate of drug-likeness (QED) is 0.244. The molecule has 0 saturated carbocycles. The molecule has 1 fully saturated rings. The zero-order valence-electron chi connectivity index (χ0n) is 25.2. The monoisotopic (exact) mass is 615 g/mol. The van der Waals surface area contributed by atoms with E-state index in [0.29, 0.717) is 35.6 Å². The third-order valence-corrected chi connectivity index (χ3v) is 11.6. The number of nitrogens with zero attached hydrogens (tertiary/aromatic N) is 4. The smallest absolute Gasteiger partial charge is 0.297 e. The summed E-state index contributed by atoms with van der Waals surface area (Å²) in [7, 11) is -1.40. The van der Waals surface area contributed by atoms with Gasteiger partial charge in [0.2, 0.25) is 0 Å². The van der Waals surface area contributed by atoms with Gasteiger partial charge in [0.05, 0.1) is 31.4 Å². The third kappa shape index (κ3) is 4.97. The van der Waals surface area contributed by atoms with Gasteiger partial charge < -0.3 is 24.7 Å². The Morgan fingerprint density at radius 1 is 1.14 bits per heavy atom. The van der Waals surface area contributed by atoms with Gasteiger partial charge in [0, 0.05) is 47.3 Å². The fourth-order valence-corrected chi connectivity index (χ4v) is 9.64. The number of fused-ring (bicyclic) bond motifs is 2. The molecular weight excluding hydrogens is 578 g/mol. The molecule has 2 aromatic heterocycles. The second-order valence-electron chi connectivity index (χ2n) is 12.1. The number of pyridine rings is 1. The van der Waals surface area contributed by atoms with Crippen molar-refractivity contribution in [3.8, 4) is 11.4 Å². The molecule has 2 aromatic carbocycles. The number of carbonyl (C=O) groups excluding carboxylic acids is 1. The summed E-state index contributed by atoms with van der Waals surface area (Å²) in [5, 5.41) is 21.7. The lowest BCUT2D eigenvalue weighted by Gasteiger charge is -2.32. The predicted molar refractivity (Wildman–Crippen MR) is 166 cm³/mol. The van der Waals surface area contributed by atoms with Crippen LogP contribution in [-0.4, -0.2) is 63.5 Å². The number of aliphatic hydroxyl groups is 1. The molecule has 2 aliphatic heterocycles. The molecule has 1 saturated heterocycles. The number of aromatic nitrogens is 4. The van der Waals surface area contributed by atoms with Crippen molar-refractivity contribution in [1.29, 1.82) is 0 Å². The van der Waals surface area contributed by atoms with Crippen molar-refractivity contribution in [1.82, 2.24) is 19.6 Å². The lowest BCUT2D eigenvalue weighted by Crippen LogP contribution is -2.43. The maximum atomic E-state index is 13.8. The molecule has 11 nitrogen and oxygen atoms in total. The molecule has 1 spiro atoms. The van der Waals surface area contributed by atoms with E-state index in [-0.39, 0.29) is 41.2 Å². The number of hydrogen-bond donors (Lipinski definition) is 3. The van der Waals surface area contributed by atoms with Crippen LogP contribution < -0.4 is 15.6 Å². The van der Waals surface area contributed by atoms with Gasteiger partial charge in [-0.2, -0.15) is 0 Å². The second-order valence-corrected chi connectivity index (χ2v) is 16.1. The van der Waals surface area contributed by atoms with E-state index in [1.807, 2.05) is 62.6 Å². The van der Waals surface area contributed by atoms with Gasteiger partial charge in [0.25, 0.3) is 11.5 Å². The minimum Gasteiger partial charge on any atom is -0.491 e. The maximum absolute atomic E-state index is 13.8. The average Bonchev–Trinajstić information content (AvgIpc) is 3.67. The molecule has 230 valence electrons. The number of carbonyl (C=O) groups is 1. The van der Waals surface area contributed by atoms with Gasteiger partial charge in [-0.1, -0.05) is 42.5 Å². The van der Waals surface area contributed by atoms with Crippen molar-refractivity contribution in [3.05, 3.63) is 100 Å². The Hall–Kier alpha value is -4.10. The first-order valence-corrected chi connectivity index (χ1v) is 17.8. The van der Waals surface area contributed by atoms with E-state index in [0.717, 1.165) is 5.56 Å². The van der Waals surface area contributed by atoms with Crippen LogP contribution in [0.3, 0.4) is 0 Å². The minimum absolute atomic E-state index is 0.0980. The van der Waals surface area contributed by atoms with Crippen LogP contribution in [0.25, 0.3) is 5.69 Å². The van der Waals surface area contributed by atoms with Crippen LogP contribution in [0, 0.1) is 5.92 Å². The first kappa shape index (κ1) is 29.9. The Morgan fingerprint density at radius 2 is 1.91 bits per heavy atom. The van der Waals surface area contributed by atoms with Crippen LogP contribution >= 0.6 is 0 Å². The summed E-state index contributed by atoms with van der Waals surface area (Å²) in [6, 6.07) is 18.4. The fourth-order valence-electron chi connectivity index (χ4n) is 7.03. The lowest BCUT2D eigenvalue weighted by molar-refractivity contribution is -0.143. The Labute approximate surface area is 256 Å². The molecule has 0 bridgehead atoms.